The van der Waals surface area contributed by atoms with Gasteiger partial charge in [0.25, 0.3) is 0 Å². The third kappa shape index (κ3) is 39.3. The minimum Gasteiger partial charge on any atom is -0.479 e. The number of unbranched alkanes of at least 4 members (excludes halogenated alkanes) is 22. The number of esters is 3. The quantitative estimate of drug-likeness (QED) is 0.0228. The highest BCUT2D eigenvalue weighted by molar-refractivity contribution is 5.74. The Bertz CT molecular complexity index is 1550. The van der Waals surface area contributed by atoms with E-state index in [0.29, 0.717) is 19.3 Å². The van der Waals surface area contributed by atoms with Gasteiger partial charge in [-0.2, -0.15) is 0 Å². The molecule has 3 N–H and O–H groups in total. The minimum absolute atomic E-state index is 0.0463. The Morgan fingerprint density at radius 1 is 0.466 bits per heavy atom. The standard InChI is InChI=1S/C61H102O12/c1-4-7-10-13-16-19-22-24-25-26-27-28-29-31-33-35-38-41-44-47-53(62)69-50-52(71-54(63)48-45-42-39-36-32-21-18-15-12-9-6-3)51-70-61-59(57(66)56(65)58(73-61)60(67)68)72-55(64)49-46-43-40-37-34-30-23-20-17-14-11-8-5-2/h7,10,16,19-20,23-25,27-28,31,33,52,56-59,61,65-66H,4-6,8-9,11-15,17-18,21-22,26,29-30,32,34-51H2,1-3H3,(H,67,68)/b10-7-,19-16-,23-20-,25-24-,28-27-,33-31-. The molecule has 0 saturated carbocycles. The molecule has 0 bridgehead atoms. The van der Waals surface area contributed by atoms with E-state index >= 15 is 0 Å². The van der Waals surface area contributed by atoms with Crippen LogP contribution in [0.5, 0.6) is 0 Å². The van der Waals surface area contributed by atoms with Crippen LogP contribution in [0.1, 0.15) is 239 Å². The van der Waals surface area contributed by atoms with Crippen molar-refractivity contribution in [2.75, 3.05) is 13.2 Å². The summed E-state index contributed by atoms with van der Waals surface area (Å²) in [4.78, 5) is 51.0. The third-order valence-corrected chi connectivity index (χ3v) is 12.8. The van der Waals surface area contributed by atoms with Crippen LogP contribution < -0.4 is 0 Å². The Kier molecular flexibility index (Phi) is 45.1. The number of carboxylic acids is 1. The molecule has 1 heterocycles. The molecule has 1 aliphatic rings. The van der Waals surface area contributed by atoms with E-state index < -0.39 is 67.3 Å². The summed E-state index contributed by atoms with van der Waals surface area (Å²) in [6.45, 7) is 5.81. The molecule has 0 amide bonds. The molecule has 1 fully saturated rings. The van der Waals surface area contributed by atoms with Crippen LogP contribution in [0, 0.1) is 0 Å². The van der Waals surface area contributed by atoms with Gasteiger partial charge >= 0.3 is 23.9 Å². The smallest absolute Gasteiger partial charge is 0.335 e. The molecule has 6 unspecified atom stereocenters. The van der Waals surface area contributed by atoms with E-state index in [1.807, 2.05) is 0 Å². The van der Waals surface area contributed by atoms with E-state index in [2.05, 4.69) is 93.7 Å². The highest BCUT2D eigenvalue weighted by Gasteiger charge is 2.50. The van der Waals surface area contributed by atoms with Crippen molar-refractivity contribution in [2.45, 2.75) is 276 Å². The van der Waals surface area contributed by atoms with Gasteiger partial charge in [0.05, 0.1) is 6.61 Å². The Labute approximate surface area is 442 Å². The number of carboxylic acid groups (broad SMARTS) is 1. The topological polar surface area (TPSA) is 175 Å². The van der Waals surface area contributed by atoms with Gasteiger partial charge < -0.3 is 39.0 Å². The average molecular weight is 1030 g/mol. The number of aliphatic carboxylic acids is 1. The zero-order valence-electron chi connectivity index (χ0n) is 45.9. The van der Waals surface area contributed by atoms with Crippen molar-refractivity contribution in [3.8, 4) is 0 Å². The molecule has 0 aliphatic carbocycles. The first-order valence-corrected chi connectivity index (χ1v) is 28.9. The number of hydrogen-bond acceptors (Lipinski definition) is 11. The lowest BCUT2D eigenvalue weighted by Gasteiger charge is -2.40. The second-order valence-corrected chi connectivity index (χ2v) is 19.5. The van der Waals surface area contributed by atoms with Crippen molar-refractivity contribution < 1.29 is 58.2 Å². The Morgan fingerprint density at radius 3 is 1.36 bits per heavy atom. The first-order valence-electron chi connectivity index (χ1n) is 28.9. The summed E-state index contributed by atoms with van der Waals surface area (Å²) in [6, 6.07) is 0. The fourth-order valence-electron chi connectivity index (χ4n) is 8.33. The van der Waals surface area contributed by atoms with Gasteiger partial charge in [-0.1, -0.05) is 203 Å². The molecule has 1 saturated heterocycles. The largest absolute Gasteiger partial charge is 0.479 e. The number of allylic oxidation sites excluding steroid dienone is 12. The molecular weight excluding hydrogens is 925 g/mol. The Hall–Kier alpha value is -3.84. The SMILES string of the molecule is CC/C=C\C/C=C\C/C=C\C/C=C\C/C=C\CCCCCC(=O)OCC(COC1OC(C(=O)O)C(O)C(O)C1OC(=O)CCCCCCC/C=C\CCCCCC)OC(=O)CCCCCCCCCCCCC. The Morgan fingerprint density at radius 2 is 0.863 bits per heavy atom. The van der Waals surface area contributed by atoms with E-state index in [-0.39, 0.29) is 25.9 Å². The van der Waals surface area contributed by atoms with Crippen LogP contribution in [0.15, 0.2) is 72.9 Å². The molecule has 0 spiro atoms. The van der Waals surface area contributed by atoms with Crippen molar-refractivity contribution in [1.82, 2.24) is 0 Å². The first kappa shape index (κ1) is 67.2. The van der Waals surface area contributed by atoms with Crippen LogP contribution >= 0.6 is 0 Å². The molecule has 0 aromatic rings. The van der Waals surface area contributed by atoms with Crippen LogP contribution in [-0.2, 0) is 42.9 Å². The number of hydrogen-bond donors (Lipinski definition) is 3. The van der Waals surface area contributed by atoms with Gasteiger partial charge in [-0.15, -0.1) is 0 Å². The molecule has 6 atom stereocenters. The lowest BCUT2D eigenvalue weighted by Crippen LogP contribution is -2.61. The molecule has 0 radical (unpaired) electrons. The number of carbonyl (C=O) groups excluding carboxylic acids is 3. The van der Waals surface area contributed by atoms with Crippen LogP contribution in [0.4, 0.5) is 0 Å². The maximum absolute atomic E-state index is 13.1. The Balaban J connectivity index is 2.70. The maximum atomic E-state index is 13.1. The van der Waals surface area contributed by atoms with E-state index in [1.165, 1.54) is 70.6 Å². The van der Waals surface area contributed by atoms with Crippen LogP contribution in [0.2, 0.25) is 0 Å². The number of aliphatic hydroxyl groups is 2. The molecular formula is C61H102O12. The molecule has 418 valence electrons. The molecule has 0 aromatic heterocycles. The summed E-state index contributed by atoms with van der Waals surface area (Å²) >= 11 is 0. The van der Waals surface area contributed by atoms with Gasteiger partial charge in [-0.3, -0.25) is 14.4 Å². The minimum atomic E-state index is -1.91. The summed E-state index contributed by atoms with van der Waals surface area (Å²) in [6.07, 6.45) is 48.8. The van der Waals surface area contributed by atoms with Gasteiger partial charge in [0, 0.05) is 19.3 Å². The van der Waals surface area contributed by atoms with Crippen LogP contribution in [0.3, 0.4) is 0 Å². The van der Waals surface area contributed by atoms with E-state index in [4.69, 9.17) is 23.7 Å². The van der Waals surface area contributed by atoms with Crippen molar-refractivity contribution in [3.63, 3.8) is 0 Å². The van der Waals surface area contributed by atoms with Crippen molar-refractivity contribution in [1.29, 1.82) is 0 Å². The number of rotatable bonds is 48. The number of ether oxygens (including phenoxy) is 5. The fourth-order valence-corrected chi connectivity index (χ4v) is 8.33. The number of aliphatic hydroxyl groups excluding tert-OH is 2. The summed E-state index contributed by atoms with van der Waals surface area (Å²) in [5, 5.41) is 31.4. The van der Waals surface area contributed by atoms with Gasteiger partial charge in [0.2, 0.25) is 0 Å². The van der Waals surface area contributed by atoms with Gasteiger partial charge in [-0.05, 0) is 89.9 Å². The third-order valence-electron chi connectivity index (χ3n) is 12.8. The summed E-state index contributed by atoms with van der Waals surface area (Å²) in [5.74, 6) is -3.17. The van der Waals surface area contributed by atoms with E-state index in [0.717, 1.165) is 109 Å². The zero-order chi connectivity index (χ0) is 53.3. The van der Waals surface area contributed by atoms with Crippen LogP contribution in [0.25, 0.3) is 0 Å². The molecule has 12 nitrogen and oxygen atoms in total. The average Bonchev–Trinajstić information content (AvgIpc) is 3.37. The predicted molar refractivity (Wildman–Crippen MR) is 294 cm³/mol. The fraction of sp³-hybridized carbons (Fsp3) is 0.738. The first-order chi connectivity index (χ1) is 35.6. The summed E-state index contributed by atoms with van der Waals surface area (Å²) in [5.41, 5.74) is 0. The molecule has 0 aromatic carbocycles. The second kappa shape index (κ2) is 49.1. The summed E-state index contributed by atoms with van der Waals surface area (Å²) in [7, 11) is 0. The highest BCUT2D eigenvalue weighted by atomic mass is 16.7. The lowest BCUT2D eigenvalue weighted by atomic mass is 9.98. The monoisotopic (exact) mass is 1030 g/mol. The van der Waals surface area contributed by atoms with Crippen molar-refractivity contribution in [3.05, 3.63) is 72.9 Å². The van der Waals surface area contributed by atoms with Crippen LogP contribution in [-0.4, -0.2) is 89.2 Å². The predicted octanol–water partition coefficient (Wildman–Crippen LogP) is 14.6. The summed E-state index contributed by atoms with van der Waals surface area (Å²) < 4.78 is 28.3. The normalized spacial score (nSPS) is 18.8. The maximum Gasteiger partial charge on any atom is 0.335 e. The highest BCUT2D eigenvalue weighted by Crippen LogP contribution is 2.26. The molecule has 1 aliphatic heterocycles. The van der Waals surface area contributed by atoms with E-state index in [9.17, 15) is 34.5 Å². The van der Waals surface area contributed by atoms with Gasteiger partial charge in [0.1, 0.15) is 18.8 Å². The number of carbonyl (C=O) groups is 4. The molecule has 1 rings (SSSR count). The molecule has 73 heavy (non-hydrogen) atoms. The van der Waals surface area contributed by atoms with Gasteiger partial charge in [-0.25, -0.2) is 4.79 Å². The van der Waals surface area contributed by atoms with Crippen molar-refractivity contribution >= 4 is 23.9 Å². The van der Waals surface area contributed by atoms with E-state index in [1.54, 1.807) is 0 Å². The van der Waals surface area contributed by atoms with Crippen molar-refractivity contribution in [2.24, 2.45) is 0 Å². The zero-order valence-corrected chi connectivity index (χ0v) is 45.9. The second-order valence-electron chi connectivity index (χ2n) is 19.5. The van der Waals surface area contributed by atoms with Gasteiger partial charge in [0.15, 0.2) is 24.6 Å². The lowest BCUT2D eigenvalue weighted by molar-refractivity contribution is -0.301. The molecule has 12 heteroatoms.